The van der Waals surface area contributed by atoms with Crippen molar-refractivity contribution in [3.05, 3.63) is 28.2 Å². The van der Waals surface area contributed by atoms with Gasteiger partial charge in [0.2, 0.25) is 0 Å². The molecule has 0 fully saturated rings. The second kappa shape index (κ2) is 6.61. The summed E-state index contributed by atoms with van der Waals surface area (Å²) in [6.45, 7) is 2.79. The van der Waals surface area contributed by atoms with Crippen LogP contribution >= 0.6 is 15.9 Å². The fourth-order valence-electron chi connectivity index (χ4n) is 1.81. The molecule has 2 nitrogen and oxygen atoms in total. The van der Waals surface area contributed by atoms with Gasteiger partial charge in [-0.2, -0.15) is 13.2 Å². The highest BCUT2D eigenvalue weighted by atomic mass is 79.9. The summed E-state index contributed by atoms with van der Waals surface area (Å²) in [5, 5.41) is 9.45. The molecule has 0 saturated carbocycles. The van der Waals surface area contributed by atoms with Crippen LogP contribution in [0.15, 0.2) is 22.7 Å². The van der Waals surface area contributed by atoms with E-state index < -0.39 is 18.8 Å². The average Bonchev–Trinajstić information content (AvgIpc) is 2.26. The minimum atomic E-state index is -4.24. The molecule has 0 aliphatic rings. The third-order valence-corrected chi connectivity index (χ3v) is 3.29. The summed E-state index contributed by atoms with van der Waals surface area (Å²) >= 11 is 3.27. The molecule has 0 spiro atoms. The Bertz CT molecular complexity index is 421. The lowest BCUT2D eigenvalue weighted by molar-refractivity contribution is -0.119. The predicted molar refractivity (Wildman–Crippen MR) is 73.3 cm³/mol. The van der Waals surface area contributed by atoms with Gasteiger partial charge in [0.15, 0.2) is 0 Å². The van der Waals surface area contributed by atoms with Crippen LogP contribution in [0.3, 0.4) is 0 Å². The van der Waals surface area contributed by atoms with Gasteiger partial charge in [0, 0.05) is 11.0 Å². The topological polar surface area (TPSA) is 23.5 Å². The van der Waals surface area contributed by atoms with Crippen LogP contribution in [0.2, 0.25) is 0 Å². The van der Waals surface area contributed by atoms with Gasteiger partial charge in [-0.15, -0.1) is 0 Å². The number of anilines is 1. The summed E-state index contributed by atoms with van der Waals surface area (Å²) in [4.78, 5) is 1.29. The lowest BCUT2D eigenvalue weighted by atomic mass is 10.1. The Hall–Kier alpha value is -0.750. The first-order valence-electron chi connectivity index (χ1n) is 6.03. The van der Waals surface area contributed by atoms with Gasteiger partial charge in [-0.05, 0) is 47.0 Å². The van der Waals surface area contributed by atoms with Crippen LogP contribution in [0.25, 0.3) is 0 Å². The van der Waals surface area contributed by atoms with E-state index in [1.54, 1.807) is 25.1 Å². The third-order valence-electron chi connectivity index (χ3n) is 2.66. The summed E-state index contributed by atoms with van der Waals surface area (Å²) in [6.07, 6.45) is -4.26. The number of nitrogens with zero attached hydrogens (tertiary/aromatic N) is 1. The van der Waals surface area contributed by atoms with Crippen molar-refractivity contribution in [1.82, 2.24) is 0 Å². The number of hydrogen-bond donors (Lipinski definition) is 1. The first-order valence-corrected chi connectivity index (χ1v) is 6.83. The van der Waals surface area contributed by atoms with Gasteiger partial charge in [0.05, 0.1) is 11.8 Å². The summed E-state index contributed by atoms with van der Waals surface area (Å²) in [5.41, 5.74) is 1.16. The van der Waals surface area contributed by atoms with E-state index in [1.165, 1.54) is 4.90 Å². The number of aliphatic hydroxyl groups is 1. The second-order valence-electron chi connectivity index (χ2n) is 4.42. The molecule has 0 aliphatic heterocycles. The molecular formula is C13H17BrF3NO. The smallest absolute Gasteiger partial charge is 0.389 e. The molecule has 0 unspecified atom stereocenters. The Morgan fingerprint density at radius 3 is 2.42 bits per heavy atom. The molecule has 0 saturated heterocycles. The number of hydrogen-bond acceptors (Lipinski definition) is 2. The maximum Gasteiger partial charge on any atom is 0.405 e. The van der Waals surface area contributed by atoms with Gasteiger partial charge < -0.3 is 10.0 Å². The van der Waals surface area contributed by atoms with E-state index >= 15 is 0 Å². The van der Waals surface area contributed by atoms with E-state index in [0.717, 1.165) is 0 Å². The van der Waals surface area contributed by atoms with Crippen molar-refractivity contribution >= 4 is 21.6 Å². The maximum absolute atomic E-state index is 12.6. The largest absolute Gasteiger partial charge is 0.405 e. The number of benzene rings is 1. The zero-order valence-electron chi connectivity index (χ0n) is 10.8. The highest BCUT2D eigenvalue weighted by Crippen LogP contribution is 2.31. The minimum absolute atomic E-state index is 0.326. The molecule has 1 aromatic carbocycles. The van der Waals surface area contributed by atoms with E-state index in [4.69, 9.17) is 0 Å². The first kappa shape index (κ1) is 16.3. The molecule has 1 N–H and O–H groups in total. The second-order valence-corrected chi connectivity index (χ2v) is 5.28. The minimum Gasteiger partial charge on any atom is -0.389 e. The van der Waals surface area contributed by atoms with Gasteiger partial charge in [-0.3, -0.25) is 0 Å². The standard InChI is InChI=1S/C13H17BrF3NO/c1-3-6-18(8-13(15,16)17)12-5-4-10(9(2)19)7-11(12)14/h4-5,7,9,19H,3,6,8H2,1-2H3/t9-/m1/s1. The normalized spacial score (nSPS) is 13.4. The monoisotopic (exact) mass is 339 g/mol. The third kappa shape index (κ3) is 5.03. The zero-order chi connectivity index (χ0) is 14.6. The Labute approximate surface area is 119 Å². The van der Waals surface area contributed by atoms with Gasteiger partial charge in [0.25, 0.3) is 0 Å². The summed E-state index contributed by atoms with van der Waals surface area (Å²) in [5.74, 6) is 0. The van der Waals surface area contributed by atoms with Crippen molar-refractivity contribution in [2.24, 2.45) is 0 Å². The van der Waals surface area contributed by atoms with Crippen LogP contribution in [0.1, 0.15) is 31.9 Å². The van der Waals surface area contributed by atoms with E-state index in [9.17, 15) is 18.3 Å². The van der Waals surface area contributed by atoms with Crippen LogP contribution in [-0.4, -0.2) is 24.4 Å². The predicted octanol–water partition coefficient (Wildman–Crippen LogP) is 4.28. The molecule has 1 atom stereocenters. The molecule has 1 rings (SSSR count). The molecule has 108 valence electrons. The van der Waals surface area contributed by atoms with E-state index in [0.29, 0.717) is 28.7 Å². The maximum atomic E-state index is 12.6. The van der Waals surface area contributed by atoms with Crippen LogP contribution in [0.4, 0.5) is 18.9 Å². The molecule has 19 heavy (non-hydrogen) atoms. The molecule has 0 heterocycles. The first-order chi connectivity index (χ1) is 8.74. The summed E-state index contributed by atoms with van der Waals surface area (Å²) < 4.78 is 38.2. The SMILES string of the molecule is CCCN(CC(F)(F)F)c1ccc([C@@H](C)O)cc1Br. The molecule has 0 aromatic heterocycles. The summed E-state index contributed by atoms with van der Waals surface area (Å²) in [7, 11) is 0. The Balaban J connectivity index is 3.02. The van der Waals surface area contributed by atoms with Gasteiger partial charge in [-0.1, -0.05) is 13.0 Å². The number of rotatable bonds is 5. The van der Waals surface area contributed by atoms with E-state index in [1.807, 2.05) is 6.92 Å². The van der Waals surface area contributed by atoms with Crippen molar-refractivity contribution in [3.8, 4) is 0 Å². The van der Waals surface area contributed by atoms with Crippen LogP contribution < -0.4 is 4.90 Å². The fourth-order valence-corrected chi connectivity index (χ4v) is 2.46. The van der Waals surface area contributed by atoms with Crippen LogP contribution in [-0.2, 0) is 0 Å². The zero-order valence-corrected chi connectivity index (χ0v) is 12.4. The molecule has 0 radical (unpaired) electrons. The molecule has 0 aliphatic carbocycles. The number of aliphatic hydroxyl groups excluding tert-OH is 1. The summed E-state index contributed by atoms with van der Waals surface area (Å²) in [6, 6.07) is 4.90. The van der Waals surface area contributed by atoms with Gasteiger partial charge >= 0.3 is 6.18 Å². The molecular weight excluding hydrogens is 323 g/mol. The van der Waals surface area contributed by atoms with Crippen molar-refractivity contribution in [2.45, 2.75) is 32.5 Å². The Kier molecular flexibility index (Phi) is 5.67. The molecule has 6 heteroatoms. The lowest BCUT2D eigenvalue weighted by Crippen LogP contribution is -2.35. The van der Waals surface area contributed by atoms with Crippen LogP contribution in [0, 0.1) is 0 Å². The average molecular weight is 340 g/mol. The van der Waals surface area contributed by atoms with Crippen molar-refractivity contribution < 1.29 is 18.3 Å². The highest BCUT2D eigenvalue weighted by molar-refractivity contribution is 9.10. The molecule has 1 aromatic rings. The van der Waals surface area contributed by atoms with Crippen LogP contribution in [0.5, 0.6) is 0 Å². The van der Waals surface area contributed by atoms with Crippen molar-refractivity contribution in [2.75, 3.05) is 18.0 Å². The Morgan fingerprint density at radius 1 is 1.37 bits per heavy atom. The number of alkyl halides is 3. The fraction of sp³-hybridized carbons (Fsp3) is 0.538. The van der Waals surface area contributed by atoms with E-state index in [2.05, 4.69) is 15.9 Å². The van der Waals surface area contributed by atoms with Gasteiger partial charge in [0.1, 0.15) is 6.54 Å². The molecule has 0 bridgehead atoms. The van der Waals surface area contributed by atoms with Crippen molar-refractivity contribution in [1.29, 1.82) is 0 Å². The van der Waals surface area contributed by atoms with Crippen molar-refractivity contribution in [3.63, 3.8) is 0 Å². The molecule has 0 amide bonds. The lowest BCUT2D eigenvalue weighted by Gasteiger charge is -2.27. The number of halogens is 4. The van der Waals surface area contributed by atoms with Gasteiger partial charge in [-0.25, -0.2) is 0 Å². The van der Waals surface area contributed by atoms with E-state index in [-0.39, 0.29) is 0 Å². The quantitative estimate of drug-likeness (QED) is 0.865. The Morgan fingerprint density at radius 2 is 2.00 bits per heavy atom. The highest BCUT2D eigenvalue weighted by Gasteiger charge is 2.31.